The molecule has 2 N–H and O–H groups in total. The van der Waals surface area contributed by atoms with E-state index >= 15 is 0 Å². The normalized spacial score (nSPS) is 18.1. The van der Waals surface area contributed by atoms with Crippen LogP contribution in [0.25, 0.3) is 16.9 Å². The number of fused-ring (bicyclic) bond motifs is 1. The van der Waals surface area contributed by atoms with Crippen molar-refractivity contribution in [1.82, 2.24) is 24.6 Å². The predicted octanol–water partition coefficient (Wildman–Crippen LogP) is 3.94. The number of ether oxygens (including phenoxy) is 1. The Morgan fingerprint density at radius 1 is 1.09 bits per heavy atom. The highest BCUT2D eigenvalue weighted by Gasteiger charge is 2.34. The number of carbonyl (C=O) groups is 1. The minimum absolute atomic E-state index is 0.0305. The molecule has 8 heteroatoms. The second-order valence-corrected chi connectivity index (χ2v) is 8.86. The van der Waals surface area contributed by atoms with Crippen LogP contribution in [0.1, 0.15) is 17.2 Å². The Hall–Kier alpha value is -3.75. The minimum Gasteiger partial charge on any atom is -0.383 e. The second-order valence-electron chi connectivity index (χ2n) is 8.86. The van der Waals surface area contributed by atoms with Gasteiger partial charge in [0, 0.05) is 50.6 Å². The third kappa shape index (κ3) is 4.89. The number of amides is 2. The first-order valence-corrected chi connectivity index (χ1v) is 11.9. The lowest BCUT2D eigenvalue weighted by molar-refractivity contribution is 0.159. The molecule has 2 aromatic heterocycles. The van der Waals surface area contributed by atoms with Gasteiger partial charge in [-0.25, -0.2) is 9.78 Å². The number of hydrogen-bond donors (Lipinski definition) is 2. The quantitative estimate of drug-likeness (QED) is 0.428. The zero-order valence-corrected chi connectivity index (χ0v) is 20.0. The van der Waals surface area contributed by atoms with Crippen molar-refractivity contribution in [2.75, 3.05) is 38.7 Å². The van der Waals surface area contributed by atoms with Gasteiger partial charge in [0.1, 0.15) is 11.5 Å². The summed E-state index contributed by atoms with van der Waals surface area (Å²) in [7, 11) is 1.71. The van der Waals surface area contributed by atoms with E-state index in [9.17, 15) is 4.79 Å². The minimum atomic E-state index is -0.252. The number of likely N-dealkylation sites (tertiary alicyclic amines) is 1. The summed E-state index contributed by atoms with van der Waals surface area (Å²) in [5, 5.41) is 6.34. The maximum absolute atomic E-state index is 13.4. The predicted molar refractivity (Wildman–Crippen MR) is 137 cm³/mol. The summed E-state index contributed by atoms with van der Waals surface area (Å²) in [4.78, 5) is 24.9. The Morgan fingerprint density at radius 2 is 1.83 bits per heavy atom. The molecule has 35 heavy (non-hydrogen) atoms. The van der Waals surface area contributed by atoms with Crippen molar-refractivity contribution in [2.45, 2.75) is 18.9 Å². The van der Waals surface area contributed by atoms with E-state index in [4.69, 9.17) is 9.72 Å². The fourth-order valence-electron chi connectivity index (χ4n) is 4.80. The smallest absolute Gasteiger partial charge is 0.320 e. The molecule has 2 amide bonds. The summed E-state index contributed by atoms with van der Waals surface area (Å²) in [5.41, 5.74) is 4.38. The molecule has 4 aromatic rings. The van der Waals surface area contributed by atoms with Crippen LogP contribution in [0.5, 0.6) is 0 Å². The molecular weight excluding hydrogens is 440 g/mol. The average Bonchev–Trinajstić information content (AvgIpc) is 3.46. The first kappa shape index (κ1) is 23.0. The van der Waals surface area contributed by atoms with E-state index in [2.05, 4.69) is 32.7 Å². The van der Waals surface area contributed by atoms with Gasteiger partial charge in [-0.15, -0.1) is 0 Å². The van der Waals surface area contributed by atoms with Crippen LogP contribution in [-0.4, -0.2) is 64.7 Å². The largest absolute Gasteiger partial charge is 0.383 e. The molecule has 2 aromatic carbocycles. The van der Waals surface area contributed by atoms with E-state index in [1.807, 2.05) is 66.1 Å². The molecule has 0 bridgehead atoms. The molecule has 1 fully saturated rings. The molecule has 0 spiro atoms. The Morgan fingerprint density at radius 3 is 2.57 bits per heavy atom. The van der Waals surface area contributed by atoms with E-state index in [0.717, 1.165) is 36.5 Å². The highest BCUT2D eigenvalue weighted by atomic mass is 16.5. The number of methoxy groups -OCH3 is 1. The molecule has 1 aliphatic rings. The van der Waals surface area contributed by atoms with Crippen LogP contribution >= 0.6 is 0 Å². The number of aryl methyl sites for hydroxylation is 1. The molecule has 0 unspecified atom stereocenters. The number of rotatable bonds is 7. The number of urea groups is 1. The third-order valence-electron chi connectivity index (χ3n) is 6.55. The molecule has 5 rings (SSSR count). The fourth-order valence-corrected chi connectivity index (χ4v) is 4.80. The molecule has 180 valence electrons. The van der Waals surface area contributed by atoms with Gasteiger partial charge in [-0.3, -0.25) is 19.6 Å². The van der Waals surface area contributed by atoms with Gasteiger partial charge in [-0.2, -0.15) is 0 Å². The van der Waals surface area contributed by atoms with Gasteiger partial charge in [0.15, 0.2) is 5.65 Å². The summed E-state index contributed by atoms with van der Waals surface area (Å²) >= 11 is 0. The van der Waals surface area contributed by atoms with Crippen molar-refractivity contribution >= 4 is 17.5 Å². The van der Waals surface area contributed by atoms with E-state index in [0.29, 0.717) is 18.1 Å². The topological polar surface area (TPSA) is 83.8 Å². The second kappa shape index (κ2) is 10.2. The first-order valence-electron chi connectivity index (χ1n) is 11.9. The number of aromatic nitrogens is 3. The number of nitrogens with zero attached hydrogens (tertiary/aromatic N) is 4. The average molecular weight is 471 g/mol. The number of hydrogen-bond acceptors (Lipinski definition) is 5. The summed E-state index contributed by atoms with van der Waals surface area (Å²) in [5.74, 6) is 0.820. The van der Waals surface area contributed by atoms with Crippen molar-refractivity contribution in [1.29, 1.82) is 0 Å². The lowest BCUT2D eigenvalue weighted by atomic mass is 9.94. The van der Waals surface area contributed by atoms with Crippen molar-refractivity contribution in [3.63, 3.8) is 0 Å². The molecule has 2 atom stereocenters. The molecule has 0 aliphatic carbocycles. The lowest BCUT2D eigenvalue weighted by Crippen LogP contribution is -2.42. The highest BCUT2D eigenvalue weighted by molar-refractivity contribution is 5.94. The van der Waals surface area contributed by atoms with Crippen molar-refractivity contribution in [3.8, 4) is 11.3 Å². The fraction of sp³-hybridized carbons (Fsp3) is 0.296. The molecule has 3 heterocycles. The Bertz CT molecular complexity index is 1290. The number of carbonyl (C=O) groups excluding carboxylic acids is 1. The molecule has 0 radical (unpaired) electrons. The summed E-state index contributed by atoms with van der Waals surface area (Å²) in [6.07, 6.45) is 3.55. The van der Waals surface area contributed by atoms with Crippen LogP contribution < -0.4 is 10.6 Å². The van der Waals surface area contributed by atoms with Crippen molar-refractivity contribution in [3.05, 3.63) is 84.3 Å². The van der Waals surface area contributed by atoms with Gasteiger partial charge in [-0.1, -0.05) is 60.7 Å². The molecular formula is C27H30N6O2. The van der Waals surface area contributed by atoms with E-state index in [1.54, 1.807) is 13.3 Å². The van der Waals surface area contributed by atoms with Crippen LogP contribution in [0, 0.1) is 6.92 Å². The van der Waals surface area contributed by atoms with Gasteiger partial charge in [0.25, 0.3) is 0 Å². The summed E-state index contributed by atoms with van der Waals surface area (Å²) in [6, 6.07) is 20.0. The standard InChI is InChI=1S/C27H30N6O2/c1-19-25-30-24(21-11-7-4-8-12-21)26(33(25)14-13-28-19)31-27(34)29-23-18-32(15-16-35-2)17-22(23)20-9-5-3-6-10-20/h3-14,22-23H,15-18H2,1-2H3,(H2,29,31,34)/t22-,23+/m0/s1. The molecule has 8 nitrogen and oxygen atoms in total. The van der Waals surface area contributed by atoms with Gasteiger partial charge in [-0.05, 0) is 12.5 Å². The summed E-state index contributed by atoms with van der Waals surface area (Å²) < 4.78 is 7.17. The molecule has 1 saturated heterocycles. The monoisotopic (exact) mass is 470 g/mol. The number of imidazole rings is 1. The Balaban J connectivity index is 1.41. The van der Waals surface area contributed by atoms with Crippen molar-refractivity contribution in [2.24, 2.45) is 0 Å². The first-order chi connectivity index (χ1) is 17.1. The van der Waals surface area contributed by atoms with Gasteiger partial charge in [0.2, 0.25) is 0 Å². The number of nitrogens with one attached hydrogen (secondary N) is 2. The van der Waals surface area contributed by atoms with Gasteiger partial charge < -0.3 is 10.1 Å². The van der Waals surface area contributed by atoms with Crippen LogP contribution in [-0.2, 0) is 4.74 Å². The number of anilines is 1. The maximum Gasteiger partial charge on any atom is 0.320 e. The summed E-state index contributed by atoms with van der Waals surface area (Å²) in [6.45, 7) is 5.04. The maximum atomic E-state index is 13.4. The third-order valence-corrected chi connectivity index (χ3v) is 6.55. The lowest BCUT2D eigenvalue weighted by Gasteiger charge is -2.21. The molecule has 0 saturated carbocycles. The van der Waals surface area contributed by atoms with Gasteiger partial charge >= 0.3 is 6.03 Å². The van der Waals surface area contributed by atoms with Crippen LogP contribution in [0.4, 0.5) is 10.6 Å². The van der Waals surface area contributed by atoms with Crippen LogP contribution in [0.2, 0.25) is 0 Å². The molecule has 1 aliphatic heterocycles. The number of benzene rings is 2. The zero-order chi connectivity index (χ0) is 24.2. The van der Waals surface area contributed by atoms with Crippen LogP contribution in [0.3, 0.4) is 0 Å². The van der Waals surface area contributed by atoms with Gasteiger partial charge in [0.05, 0.1) is 18.3 Å². The van der Waals surface area contributed by atoms with E-state index in [1.165, 1.54) is 5.56 Å². The van der Waals surface area contributed by atoms with E-state index < -0.39 is 0 Å². The Labute approximate surface area is 205 Å². The van der Waals surface area contributed by atoms with Crippen molar-refractivity contribution < 1.29 is 9.53 Å². The Kier molecular flexibility index (Phi) is 6.74. The van der Waals surface area contributed by atoms with Crippen LogP contribution in [0.15, 0.2) is 73.1 Å². The highest BCUT2D eigenvalue weighted by Crippen LogP contribution is 2.30. The van der Waals surface area contributed by atoms with E-state index in [-0.39, 0.29) is 18.0 Å². The SMILES string of the molecule is COCCN1C[C@@H](NC(=O)Nc2c(-c3ccccc3)nc3c(C)nccn23)[C@H](c2ccccc2)C1. The zero-order valence-electron chi connectivity index (χ0n) is 20.0.